The van der Waals surface area contributed by atoms with Gasteiger partial charge in [-0.05, 0) is 59.8 Å². The standard InChI is InChI=1S/C27H17N3OS3/c31-26-24-23(29-27(32)30(26)16-8-2-1-3-9-16)21-20(19-11-6-14-33-19)18-13-12-15-7-4-5-10-17(15)22(18)28-25(21)34-24/h1-11,14H,12-13H2,(H,29,32). The van der Waals surface area contributed by atoms with E-state index in [9.17, 15) is 4.79 Å². The zero-order valence-electron chi connectivity index (χ0n) is 17.9. The van der Waals surface area contributed by atoms with Crippen molar-refractivity contribution >= 4 is 55.3 Å². The zero-order chi connectivity index (χ0) is 22.8. The van der Waals surface area contributed by atoms with Crippen molar-refractivity contribution in [1.29, 1.82) is 0 Å². The largest absolute Gasteiger partial charge is 0.330 e. The summed E-state index contributed by atoms with van der Waals surface area (Å²) in [5.74, 6) is 0. The van der Waals surface area contributed by atoms with Crippen molar-refractivity contribution in [3.63, 3.8) is 0 Å². The molecule has 0 saturated heterocycles. The van der Waals surface area contributed by atoms with Gasteiger partial charge in [0.25, 0.3) is 5.56 Å². The van der Waals surface area contributed by atoms with E-state index in [4.69, 9.17) is 17.2 Å². The van der Waals surface area contributed by atoms with Gasteiger partial charge >= 0.3 is 0 Å². The average Bonchev–Trinajstić information content (AvgIpc) is 3.52. The molecule has 0 atom stereocenters. The van der Waals surface area contributed by atoms with E-state index in [2.05, 4.69) is 46.8 Å². The van der Waals surface area contributed by atoms with E-state index < -0.39 is 0 Å². The summed E-state index contributed by atoms with van der Waals surface area (Å²) < 4.78 is 2.62. The van der Waals surface area contributed by atoms with Gasteiger partial charge < -0.3 is 4.98 Å². The van der Waals surface area contributed by atoms with Crippen LogP contribution in [0.1, 0.15) is 11.1 Å². The molecule has 0 bridgehead atoms. The van der Waals surface area contributed by atoms with Gasteiger partial charge in [-0.3, -0.25) is 9.36 Å². The number of pyridine rings is 1. The molecule has 6 aromatic rings. The van der Waals surface area contributed by atoms with E-state index in [-0.39, 0.29) is 5.56 Å². The molecular formula is C27H17N3OS3. The number of aromatic nitrogens is 3. The zero-order valence-corrected chi connectivity index (χ0v) is 20.3. The average molecular weight is 496 g/mol. The lowest BCUT2D eigenvalue weighted by Gasteiger charge is -2.22. The lowest BCUT2D eigenvalue weighted by Crippen LogP contribution is -2.19. The van der Waals surface area contributed by atoms with Crippen LogP contribution in [-0.4, -0.2) is 14.5 Å². The van der Waals surface area contributed by atoms with Crippen LogP contribution in [0.15, 0.2) is 76.9 Å². The Morgan fingerprint density at radius 3 is 2.62 bits per heavy atom. The summed E-state index contributed by atoms with van der Waals surface area (Å²) >= 11 is 8.85. The van der Waals surface area contributed by atoms with Crippen LogP contribution >= 0.6 is 34.9 Å². The first kappa shape index (κ1) is 20.0. The number of rotatable bonds is 2. The predicted molar refractivity (Wildman–Crippen MR) is 144 cm³/mol. The number of nitrogens with zero attached hydrogens (tertiary/aromatic N) is 2. The molecule has 0 spiro atoms. The molecule has 0 radical (unpaired) electrons. The van der Waals surface area contributed by atoms with Gasteiger partial charge in [-0.25, -0.2) is 4.98 Å². The van der Waals surface area contributed by atoms with E-state index in [0.29, 0.717) is 9.47 Å². The quantitative estimate of drug-likeness (QED) is 0.260. The van der Waals surface area contributed by atoms with Gasteiger partial charge in [0.05, 0.1) is 16.9 Å². The highest BCUT2D eigenvalue weighted by Crippen LogP contribution is 2.46. The third-order valence-electron chi connectivity index (χ3n) is 6.47. The summed E-state index contributed by atoms with van der Waals surface area (Å²) in [7, 11) is 0. The molecule has 0 unspecified atom stereocenters. The van der Waals surface area contributed by atoms with Gasteiger partial charge in [0.2, 0.25) is 0 Å². The Morgan fingerprint density at radius 1 is 0.971 bits per heavy atom. The Kier molecular flexibility index (Phi) is 4.45. The minimum absolute atomic E-state index is 0.108. The fraction of sp³-hybridized carbons (Fsp3) is 0.0741. The number of benzene rings is 2. The highest BCUT2D eigenvalue weighted by Gasteiger charge is 2.27. The molecule has 164 valence electrons. The summed E-state index contributed by atoms with van der Waals surface area (Å²) in [4.78, 5) is 24.3. The molecule has 1 N–H and O–H groups in total. The number of hydrogen-bond acceptors (Lipinski definition) is 5. The normalized spacial score (nSPS) is 12.7. The molecule has 0 amide bonds. The maximum Gasteiger partial charge on any atom is 0.276 e. The molecule has 2 aromatic carbocycles. The fourth-order valence-corrected chi connectivity index (χ4v) is 7.16. The van der Waals surface area contributed by atoms with E-state index >= 15 is 0 Å². The van der Waals surface area contributed by atoms with Gasteiger partial charge in [-0.1, -0.05) is 48.5 Å². The fourth-order valence-electron chi connectivity index (χ4n) is 4.99. The highest BCUT2D eigenvalue weighted by molar-refractivity contribution is 7.71. The topological polar surface area (TPSA) is 50.7 Å². The molecule has 1 aliphatic rings. The number of nitrogens with one attached hydrogen (secondary N) is 1. The molecule has 7 rings (SSSR count). The SMILES string of the molecule is O=c1c2sc3nc4c(c(-c5cccs5)c3c2[nH]c(=S)n1-c1ccccc1)CCc1ccccc1-4. The second kappa shape index (κ2) is 7.56. The second-order valence-corrected chi connectivity index (χ2v) is 10.7. The Labute approximate surface area is 207 Å². The second-order valence-electron chi connectivity index (χ2n) is 8.34. The van der Waals surface area contributed by atoms with E-state index in [1.807, 2.05) is 30.3 Å². The highest BCUT2D eigenvalue weighted by atomic mass is 32.1. The molecule has 4 heterocycles. The smallest absolute Gasteiger partial charge is 0.276 e. The number of fused-ring (bicyclic) bond motifs is 6. The molecular weight excluding hydrogens is 479 g/mol. The lowest BCUT2D eigenvalue weighted by atomic mass is 9.85. The van der Waals surface area contributed by atoms with Gasteiger partial charge in [0.15, 0.2) is 4.77 Å². The van der Waals surface area contributed by atoms with Crippen molar-refractivity contribution in [3.05, 3.63) is 98.4 Å². The minimum atomic E-state index is -0.108. The van der Waals surface area contributed by atoms with E-state index in [1.165, 1.54) is 38.5 Å². The Bertz CT molecular complexity index is 1840. The molecule has 4 nitrogen and oxygen atoms in total. The predicted octanol–water partition coefficient (Wildman–Crippen LogP) is 7.15. The maximum atomic E-state index is 13.7. The summed E-state index contributed by atoms with van der Waals surface area (Å²) in [6.07, 6.45) is 1.90. The van der Waals surface area contributed by atoms with Gasteiger partial charge in [0.1, 0.15) is 9.53 Å². The first-order valence-corrected chi connectivity index (χ1v) is 13.1. The summed E-state index contributed by atoms with van der Waals surface area (Å²) in [5.41, 5.74) is 7.42. The van der Waals surface area contributed by atoms with Gasteiger partial charge in [0, 0.05) is 21.4 Å². The number of thiophene rings is 2. The van der Waals surface area contributed by atoms with Crippen LogP contribution in [0.2, 0.25) is 0 Å². The van der Waals surface area contributed by atoms with E-state index in [0.717, 1.165) is 40.0 Å². The van der Waals surface area contributed by atoms with Crippen LogP contribution in [0.3, 0.4) is 0 Å². The first-order valence-electron chi connectivity index (χ1n) is 11.0. The van der Waals surface area contributed by atoms with Crippen molar-refractivity contribution in [3.8, 4) is 27.4 Å². The van der Waals surface area contributed by atoms with Crippen LogP contribution in [0.5, 0.6) is 0 Å². The van der Waals surface area contributed by atoms with Crippen LogP contribution < -0.4 is 5.56 Å². The number of H-pyrrole nitrogens is 1. The maximum absolute atomic E-state index is 13.7. The van der Waals surface area contributed by atoms with Gasteiger partial charge in [-0.15, -0.1) is 22.7 Å². The van der Waals surface area contributed by atoms with Crippen LogP contribution in [0, 0.1) is 4.77 Å². The minimum Gasteiger partial charge on any atom is -0.330 e. The third-order valence-corrected chi connectivity index (χ3v) is 8.72. The summed E-state index contributed by atoms with van der Waals surface area (Å²) in [6.45, 7) is 0. The number of hydrogen-bond donors (Lipinski definition) is 1. The van der Waals surface area contributed by atoms with Crippen molar-refractivity contribution in [1.82, 2.24) is 14.5 Å². The molecule has 0 saturated carbocycles. The Morgan fingerprint density at radius 2 is 1.79 bits per heavy atom. The van der Waals surface area contributed by atoms with Crippen molar-refractivity contribution < 1.29 is 0 Å². The van der Waals surface area contributed by atoms with Gasteiger partial charge in [-0.2, -0.15) is 0 Å². The van der Waals surface area contributed by atoms with Crippen LogP contribution in [-0.2, 0) is 12.8 Å². The summed E-state index contributed by atoms with van der Waals surface area (Å²) in [5, 5.41) is 3.10. The Hall–Kier alpha value is -3.39. The van der Waals surface area contributed by atoms with Crippen LogP contribution in [0.4, 0.5) is 0 Å². The van der Waals surface area contributed by atoms with E-state index in [1.54, 1.807) is 15.9 Å². The van der Waals surface area contributed by atoms with Crippen molar-refractivity contribution in [2.75, 3.05) is 0 Å². The van der Waals surface area contributed by atoms with Crippen molar-refractivity contribution in [2.24, 2.45) is 0 Å². The first-order chi connectivity index (χ1) is 16.7. The molecule has 0 aliphatic heterocycles. The molecule has 0 fully saturated rings. The lowest BCUT2D eigenvalue weighted by molar-refractivity contribution is 0.935. The molecule has 4 aromatic heterocycles. The molecule has 34 heavy (non-hydrogen) atoms. The molecule has 1 aliphatic carbocycles. The summed E-state index contributed by atoms with van der Waals surface area (Å²) in [6, 6.07) is 22.3. The monoisotopic (exact) mass is 495 g/mol. The number of para-hydroxylation sites is 1. The number of aryl methyl sites for hydroxylation is 1. The van der Waals surface area contributed by atoms with Crippen molar-refractivity contribution in [2.45, 2.75) is 12.8 Å². The van der Waals surface area contributed by atoms with Crippen LogP contribution in [0.25, 0.3) is 47.8 Å². The number of aromatic amines is 1. The third kappa shape index (κ3) is 2.84. The Balaban J connectivity index is 1.64. The molecule has 7 heteroatoms.